The van der Waals surface area contributed by atoms with E-state index in [1.165, 1.54) is 35.6 Å². The van der Waals surface area contributed by atoms with Crippen LogP contribution in [0.1, 0.15) is 18.5 Å². The fourth-order valence-electron chi connectivity index (χ4n) is 3.53. The molecular weight excluding hydrogens is 565 g/mol. The van der Waals surface area contributed by atoms with Gasteiger partial charge in [0.05, 0.1) is 17.7 Å². The summed E-state index contributed by atoms with van der Waals surface area (Å²) in [5, 5.41) is 28.7. The number of phenols is 1. The van der Waals surface area contributed by atoms with E-state index in [1.54, 1.807) is 18.2 Å². The maximum Gasteiger partial charge on any atom is 0.180 e. The molecule has 0 saturated carbocycles. The molecule has 2 atom stereocenters. The van der Waals surface area contributed by atoms with Gasteiger partial charge >= 0.3 is 0 Å². The van der Waals surface area contributed by atoms with Crippen LogP contribution in [0.15, 0.2) is 47.4 Å². The number of aromatic nitrogens is 1. The van der Waals surface area contributed by atoms with Gasteiger partial charge in [-0.3, -0.25) is 0 Å². The second-order valence-corrected chi connectivity index (χ2v) is 10.1. The number of hydrogen-bond donors (Lipinski definition) is 5. The second kappa shape index (κ2) is 14.2. The van der Waals surface area contributed by atoms with Crippen LogP contribution in [-0.2, 0) is 43.7 Å². The zero-order valence-corrected chi connectivity index (χ0v) is 24.1. The molecule has 1 radical (unpaired) electrons. The van der Waals surface area contributed by atoms with Gasteiger partial charge in [-0.05, 0) is 73.7 Å². The van der Waals surface area contributed by atoms with E-state index in [1.807, 2.05) is 19.1 Å². The molecule has 1 aliphatic rings. The zero-order chi connectivity index (χ0) is 24.7. The minimum absolute atomic E-state index is 0. The molecule has 1 aliphatic heterocycles. The van der Waals surface area contributed by atoms with Crippen LogP contribution in [0.5, 0.6) is 11.5 Å². The smallest absolute Gasteiger partial charge is 0.180 e. The number of thiazole rings is 1. The van der Waals surface area contributed by atoms with Gasteiger partial charge in [-0.25, -0.2) is 9.19 Å². The van der Waals surface area contributed by atoms with Crippen LogP contribution in [0.4, 0.5) is 10.8 Å². The Labute approximate surface area is 236 Å². The Bertz CT molecular complexity index is 1110. The van der Waals surface area contributed by atoms with Crippen LogP contribution in [0, 0.1) is 12.8 Å². The number of hydrogen-bond acceptors (Lipinski definition) is 9. The maximum absolute atomic E-state index is 12.8. The van der Waals surface area contributed by atoms with Crippen molar-refractivity contribution >= 4 is 33.1 Å². The van der Waals surface area contributed by atoms with Crippen molar-refractivity contribution in [2.24, 2.45) is 5.92 Å². The van der Waals surface area contributed by atoms with E-state index < -0.39 is 11.0 Å². The first-order chi connectivity index (χ1) is 16.3. The van der Waals surface area contributed by atoms with Crippen LogP contribution in [-0.4, -0.2) is 56.5 Å². The molecule has 6 N–H and O–H groups in total. The fraction of sp³-hybridized carbons (Fsp3) is 0.348. The van der Waals surface area contributed by atoms with Gasteiger partial charge in [0.25, 0.3) is 0 Å². The molecular formula is C23H30N4O5S2Y. The number of aryl methyl sites for hydroxylation is 1. The number of aliphatic hydroxyl groups excluding tert-OH is 1. The minimum atomic E-state index is -1.54. The van der Waals surface area contributed by atoms with Gasteiger partial charge in [0.1, 0.15) is 16.4 Å². The van der Waals surface area contributed by atoms with Gasteiger partial charge < -0.3 is 30.6 Å². The monoisotopic (exact) mass is 595 g/mol. The predicted octanol–water partition coefficient (Wildman–Crippen LogP) is 3.63. The van der Waals surface area contributed by atoms with Gasteiger partial charge in [0, 0.05) is 58.1 Å². The molecule has 1 aromatic heterocycles. The number of phenolic OH excluding ortho intramolecular Hbond substituents is 1. The Hall–Kier alpha value is -1.60. The number of aromatic hydroxyl groups is 1. The van der Waals surface area contributed by atoms with Crippen LogP contribution in [0.2, 0.25) is 0 Å². The first-order valence-electron chi connectivity index (χ1n) is 10.7. The normalized spacial score (nSPS) is 16.4. The van der Waals surface area contributed by atoms with Gasteiger partial charge in [-0.1, -0.05) is 11.3 Å². The molecule has 35 heavy (non-hydrogen) atoms. The van der Waals surface area contributed by atoms with E-state index in [-0.39, 0.29) is 45.1 Å². The van der Waals surface area contributed by atoms with Crippen molar-refractivity contribution in [1.82, 2.24) is 10.0 Å². The summed E-state index contributed by atoms with van der Waals surface area (Å²) >= 11 is 1.39. The van der Waals surface area contributed by atoms with E-state index in [0.717, 1.165) is 35.5 Å². The van der Waals surface area contributed by atoms with Crippen molar-refractivity contribution in [2.45, 2.75) is 24.7 Å². The summed E-state index contributed by atoms with van der Waals surface area (Å²) in [6, 6.07) is 11.8. The number of nitrogen functional groups attached to an aromatic ring is 1. The Kier molecular flexibility index (Phi) is 12.0. The molecule has 187 valence electrons. The molecule has 0 spiro atoms. The number of benzene rings is 2. The first-order valence-corrected chi connectivity index (χ1v) is 12.7. The van der Waals surface area contributed by atoms with Crippen molar-refractivity contribution in [1.29, 1.82) is 0 Å². The zero-order valence-electron chi connectivity index (χ0n) is 19.7. The number of nitrogens with two attached hydrogens (primary N) is 1. The van der Waals surface area contributed by atoms with Gasteiger partial charge in [0.15, 0.2) is 16.1 Å². The molecule has 0 aliphatic carbocycles. The van der Waals surface area contributed by atoms with E-state index in [9.17, 15) is 9.32 Å². The van der Waals surface area contributed by atoms with E-state index in [2.05, 4.69) is 9.71 Å². The quantitative estimate of drug-likeness (QED) is 0.272. The van der Waals surface area contributed by atoms with E-state index in [0.29, 0.717) is 33.9 Å². The number of hydroxylamine groups is 2. The fourth-order valence-corrected chi connectivity index (χ4v) is 5.39. The Morgan fingerprint density at radius 3 is 2.54 bits per heavy atom. The number of ether oxygens (including phenoxy) is 1. The number of nitrogens with one attached hydrogen (secondary N) is 1. The van der Waals surface area contributed by atoms with Crippen LogP contribution in [0.3, 0.4) is 0 Å². The van der Waals surface area contributed by atoms with Crippen LogP contribution in [0.25, 0.3) is 10.4 Å². The first kappa shape index (κ1) is 29.6. The molecule has 2 aromatic carbocycles. The van der Waals surface area contributed by atoms with Crippen molar-refractivity contribution in [3.05, 3.63) is 48.2 Å². The molecule has 2 unspecified atom stereocenters. The van der Waals surface area contributed by atoms with Gasteiger partial charge in [-0.2, -0.15) is 5.06 Å². The molecule has 12 heteroatoms. The van der Waals surface area contributed by atoms with Crippen LogP contribution >= 0.6 is 11.3 Å². The van der Waals surface area contributed by atoms with Crippen LogP contribution < -0.4 is 15.2 Å². The number of piperidine rings is 1. The maximum atomic E-state index is 12.8. The standard InChI is InChI=1S/C17H17N3O3S2.C6H13NO2.Y/c1-10-16(24-17(18)19-10)11-3-8-14(23-2)15(9-11)25(22)20-12-4-6-13(21)7-5-12;8-5-6-2-1-3-7(9)4-6;/h3-9,20-21H,1-2H3,(H2,18,19);6,8-9H,1-5H2;. The van der Waals surface area contributed by atoms with E-state index in [4.69, 9.17) is 20.8 Å². The Morgan fingerprint density at radius 2 is 2.00 bits per heavy atom. The number of nitrogens with zero attached hydrogens (tertiary/aromatic N) is 2. The molecule has 4 rings (SSSR count). The molecule has 1 saturated heterocycles. The number of anilines is 2. The number of aliphatic hydroxyl groups is 1. The largest absolute Gasteiger partial charge is 0.508 e. The summed E-state index contributed by atoms with van der Waals surface area (Å²) in [7, 11) is -0.00603. The molecule has 0 amide bonds. The third kappa shape index (κ3) is 8.49. The topological polar surface area (TPSA) is 141 Å². The molecule has 1 fully saturated rings. The SMILES string of the molecule is COc1ccc(-c2sc(N)nc2C)cc1S(=O)Nc1ccc(O)cc1.OCC1CCCN(O)C1.[Y]. The predicted molar refractivity (Wildman–Crippen MR) is 135 cm³/mol. The number of methoxy groups -OCH3 is 1. The second-order valence-electron chi connectivity index (χ2n) is 7.85. The number of rotatable bonds is 6. The molecule has 0 bridgehead atoms. The third-order valence-electron chi connectivity index (χ3n) is 5.27. The summed E-state index contributed by atoms with van der Waals surface area (Å²) < 4.78 is 21.0. The van der Waals surface area contributed by atoms with Crippen molar-refractivity contribution in [2.75, 3.05) is 37.3 Å². The molecule has 3 aromatic rings. The van der Waals surface area contributed by atoms with Crippen molar-refractivity contribution in [3.63, 3.8) is 0 Å². The van der Waals surface area contributed by atoms with Crippen molar-refractivity contribution in [3.8, 4) is 21.9 Å². The summed E-state index contributed by atoms with van der Waals surface area (Å²) in [6.07, 6.45) is 2.05. The summed E-state index contributed by atoms with van der Waals surface area (Å²) in [4.78, 5) is 5.68. The third-order valence-corrected chi connectivity index (χ3v) is 7.45. The van der Waals surface area contributed by atoms with E-state index >= 15 is 0 Å². The molecule has 9 nitrogen and oxygen atoms in total. The Morgan fingerprint density at radius 1 is 1.29 bits per heavy atom. The summed E-state index contributed by atoms with van der Waals surface area (Å²) in [6.45, 7) is 3.49. The molecule has 2 heterocycles. The summed E-state index contributed by atoms with van der Waals surface area (Å²) in [5.41, 5.74) is 8.11. The minimum Gasteiger partial charge on any atom is -0.508 e. The van der Waals surface area contributed by atoms with Gasteiger partial charge in [0.2, 0.25) is 0 Å². The van der Waals surface area contributed by atoms with Crippen molar-refractivity contribution < 1.29 is 57.1 Å². The average Bonchev–Trinajstić information content (AvgIpc) is 3.18. The average molecular weight is 596 g/mol. The van der Waals surface area contributed by atoms with Gasteiger partial charge in [-0.15, -0.1) is 0 Å². The Balaban J connectivity index is 0.000000366. The summed E-state index contributed by atoms with van der Waals surface area (Å²) in [5.74, 6) is 0.960.